The third-order valence-corrected chi connectivity index (χ3v) is 5.92. The molecular formula is C15H17BrN2S. The third-order valence-electron chi connectivity index (χ3n) is 3.98. The maximum atomic E-state index is 5.82. The van der Waals surface area contributed by atoms with Gasteiger partial charge in [0.2, 0.25) is 0 Å². The number of hydrazine groups is 1. The highest BCUT2D eigenvalue weighted by atomic mass is 79.9. The van der Waals surface area contributed by atoms with Crippen molar-refractivity contribution in [2.45, 2.75) is 31.2 Å². The number of aryl methyl sites for hydroxylation is 1. The zero-order valence-electron chi connectivity index (χ0n) is 10.6. The Balaban J connectivity index is 1.82. The average Bonchev–Trinajstić information content (AvgIpc) is 3.03. The van der Waals surface area contributed by atoms with Crippen molar-refractivity contribution in [2.75, 3.05) is 0 Å². The van der Waals surface area contributed by atoms with Crippen molar-refractivity contribution < 1.29 is 0 Å². The number of fused-ring (bicyclic) bond motifs is 1. The Hall–Kier alpha value is -0.680. The van der Waals surface area contributed by atoms with Gasteiger partial charge in [0.05, 0.1) is 0 Å². The summed E-state index contributed by atoms with van der Waals surface area (Å²) in [5, 5.41) is 2.12. The molecule has 0 aliphatic heterocycles. The van der Waals surface area contributed by atoms with Crippen LogP contribution in [0, 0.1) is 0 Å². The van der Waals surface area contributed by atoms with Crippen LogP contribution < -0.4 is 11.3 Å². The van der Waals surface area contributed by atoms with E-state index in [0.29, 0.717) is 12.0 Å². The van der Waals surface area contributed by atoms with Crippen LogP contribution in [-0.2, 0) is 12.8 Å². The second-order valence-corrected chi connectivity index (χ2v) is 6.87. The van der Waals surface area contributed by atoms with Gasteiger partial charge in [-0.3, -0.25) is 11.3 Å². The molecular weight excluding hydrogens is 320 g/mol. The largest absolute Gasteiger partial charge is 0.271 e. The summed E-state index contributed by atoms with van der Waals surface area (Å²) in [5.41, 5.74) is 5.99. The first-order valence-corrected chi connectivity index (χ1v) is 8.22. The van der Waals surface area contributed by atoms with E-state index in [9.17, 15) is 0 Å². The molecule has 3 N–H and O–H groups in total. The van der Waals surface area contributed by atoms with Crippen molar-refractivity contribution in [1.29, 1.82) is 0 Å². The fourth-order valence-corrected chi connectivity index (χ4v) is 4.57. The first kappa shape index (κ1) is 13.3. The van der Waals surface area contributed by atoms with Gasteiger partial charge >= 0.3 is 0 Å². The summed E-state index contributed by atoms with van der Waals surface area (Å²) in [6.45, 7) is 0. The second kappa shape index (κ2) is 5.75. The van der Waals surface area contributed by atoms with Crippen LogP contribution >= 0.6 is 27.3 Å². The summed E-state index contributed by atoms with van der Waals surface area (Å²) in [7, 11) is 0. The number of hydrogen-bond donors (Lipinski definition) is 2. The molecule has 1 aliphatic rings. The molecule has 2 aromatic rings. The highest BCUT2D eigenvalue weighted by Gasteiger charge is 2.29. The van der Waals surface area contributed by atoms with Crippen molar-refractivity contribution in [2.24, 2.45) is 5.84 Å². The van der Waals surface area contributed by atoms with Gasteiger partial charge in [-0.1, -0.05) is 24.3 Å². The molecule has 1 aromatic carbocycles. The SMILES string of the molecule is NNC(Cc1sccc1Br)C1CCc2ccccc21. The number of nitrogens with one attached hydrogen (secondary N) is 1. The highest BCUT2D eigenvalue weighted by Crippen LogP contribution is 2.37. The highest BCUT2D eigenvalue weighted by molar-refractivity contribution is 9.10. The molecule has 4 heteroatoms. The van der Waals surface area contributed by atoms with E-state index in [4.69, 9.17) is 5.84 Å². The Morgan fingerprint density at radius 3 is 2.95 bits per heavy atom. The second-order valence-electron chi connectivity index (χ2n) is 5.01. The summed E-state index contributed by atoms with van der Waals surface area (Å²) >= 11 is 5.40. The van der Waals surface area contributed by atoms with Crippen LogP contribution in [0.1, 0.15) is 28.3 Å². The molecule has 0 bridgehead atoms. The lowest BCUT2D eigenvalue weighted by molar-refractivity contribution is 0.436. The van der Waals surface area contributed by atoms with Gasteiger partial charge in [-0.25, -0.2) is 0 Å². The third kappa shape index (κ3) is 2.63. The van der Waals surface area contributed by atoms with Gasteiger partial charge in [-0.2, -0.15) is 0 Å². The van der Waals surface area contributed by atoms with Crippen LogP contribution in [0.2, 0.25) is 0 Å². The number of halogens is 1. The van der Waals surface area contributed by atoms with E-state index in [-0.39, 0.29) is 0 Å². The number of hydrogen-bond acceptors (Lipinski definition) is 3. The van der Waals surface area contributed by atoms with Gasteiger partial charge in [0.25, 0.3) is 0 Å². The Kier molecular flexibility index (Phi) is 4.03. The number of thiophene rings is 1. The van der Waals surface area contributed by atoms with Crippen LogP contribution in [-0.4, -0.2) is 6.04 Å². The molecule has 1 aliphatic carbocycles. The van der Waals surface area contributed by atoms with Crippen molar-refractivity contribution in [3.8, 4) is 0 Å². The van der Waals surface area contributed by atoms with E-state index in [1.54, 1.807) is 11.3 Å². The first-order chi connectivity index (χ1) is 9.29. The molecule has 19 heavy (non-hydrogen) atoms. The molecule has 0 radical (unpaired) electrons. The molecule has 2 nitrogen and oxygen atoms in total. The lowest BCUT2D eigenvalue weighted by atomic mass is 9.91. The predicted octanol–water partition coefficient (Wildman–Crippen LogP) is 3.62. The Morgan fingerprint density at radius 2 is 2.21 bits per heavy atom. The van der Waals surface area contributed by atoms with Crippen LogP contribution in [0.4, 0.5) is 0 Å². The summed E-state index contributed by atoms with van der Waals surface area (Å²) in [5.74, 6) is 6.34. The molecule has 100 valence electrons. The van der Waals surface area contributed by atoms with E-state index in [1.807, 2.05) is 0 Å². The average molecular weight is 337 g/mol. The maximum Gasteiger partial charge on any atom is 0.0328 e. The lowest BCUT2D eigenvalue weighted by Crippen LogP contribution is -2.40. The fourth-order valence-electron chi connectivity index (χ4n) is 3.00. The van der Waals surface area contributed by atoms with Gasteiger partial charge in [0, 0.05) is 27.7 Å². The van der Waals surface area contributed by atoms with E-state index >= 15 is 0 Å². The number of nitrogens with two attached hydrogens (primary N) is 1. The smallest absolute Gasteiger partial charge is 0.0328 e. The number of benzene rings is 1. The van der Waals surface area contributed by atoms with Crippen molar-refractivity contribution in [3.63, 3.8) is 0 Å². The Labute approximate surface area is 126 Å². The van der Waals surface area contributed by atoms with Crippen LogP contribution in [0.15, 0.2) is 40.2 Å². The lowest BCUT2D eigenvalue weighted by Gasteiger charge is -2.23. The van der Waals surface area contributed by atoms with E-state index in [2.05, 4.69) is 57.1 Å². The summed E-state index contributed by atoms with van der Waals surface area (Å²) in [6, 6.07) is 11.2. The normalized spacial score (nSPS) is 19.4. The molecule has 1 heterocycles. The Bertz CT molecular complexity index is 567. The fraction of sp³-hybridized carbons (Fsp3) is 0.333. The molecule has 2 atom stereocenters. The topological polar surface area (TPSA) is 38.0 Å². The zero-order valence-corrected chi connectivity index (χ0v) is 13.0. The van der Waals surface area contributed by atoms with Crippen LogP contribution in [0.3, 0.4) is 0 Å². The van der Waals surface area contributed by atoms with Crippen LogP contribution in [0.25, 0.3) is 0 Å². The zero-order chi connectivity index (χ0) is 13.2. The monoisotopic (exact) mass is 336 g/mol. The van der Waals surface area contributed by atoms with Gasteiger partial charge in [-0.15, -0.1) is 11.3 Å². The van der Waals surface area contributed by atoms with Gasteiger partial charge < -0.3 is 0 Å². The predicted molar refractivity (Wildman–Crippen MR) is 84.3 cm³/mol. The van der Waals surface area contributed by atoms with Crippen LogP contribution in [0.5, 0.6) is 0 Å². The van der Waals surface area contributed by atoms with Gasteiger partial charge in [0.15, 0.2) is 0 Å². The van der Waals surface area contributed by atoms with Crippen molar-refractivity contribution in [3.05, 3.63) is 56.2 Å². The quantitative estimate of drug-likeness (QED) is 0.661. The van der Waals surface area contributed by atoms with E-state index in [0.717, 1.165) is 6.42 Å². The molecule has 2 unspecified atom stereocenters. The standard InChI is InChI=1S/C15H17BrN2S/c16-13-7-8-19-15(13)9-14(18-17)12-6-5-10-3-1-2-4-11(10)12/h1-4,7-8,12,14,18H,5-6,9,17H2. The molecule has 0 saturated carbocycles. The molecule has 3 rings (SSSR count). The minimum atomic E-state index is 0.304. The summed E-state index contributed by atoms with van der Waals surface area (Å²) in [4.78, 5) is 1.37. The molecule has 0 saturated heterocycles. The number of rotatable bonds is 4. The van der Waals surface area contributed by atoms with E-state index in [1.165, 1.54) is 33.3 Å². The molecule has 0 amide bonds. The first-order valence-electron chi connectivity index (χ1n) is 6.55. The molecule has 0 spiro atoms. The minimum absolute atomic E-state index is 0.304. The molecule has 0 fully saturated rings. The van der Waals surface area contributed by atoms with Crippen molar-refractivity contribution in [1.82, 2.24) is 5.43 Å². The van der Waals surface area contributed by atoms with E-state index < -0.39 is 0 Å². The van der Waals surface area contributed by atoms with Gasteiger partial charge in [0.1, 0.15) is 0 Å². The Morgan fingerprint density at radius 1 is 1.37 bits per heavy atom. The van der Waals surface area contributed by atoms with Gasteiger partial charge in [-0.05, 0) is 51.3 Å². The minimum Gasteiger partial charge on any atom is -0.271 e. The maximum absolute atomic E-state index is 5.82. The summed E-state index contributed by atoms with van der Waals surface area (Å²) in [6.07, 6.45) is 3.34. The van der Waals surface area contributed by atoms with Crippen molar-refractivity contribution >= 4 is 27.3 Å². The summed E-state index contributed by atoms with van der Waals surface area (Å²) < 4.78 is 1.20. The molecule has 1 aromatic heterocycles.